The van der Waals surface area contributed by atoms with E-state index in [1.807, 2.05) is 17.5 Å². The molecule has 7 heteroatoms. The molecule has 6 nitrogen and oxygen atoms in total. The number of carbonyl (C=O) groups is 2. The second-order valence-corrected chi connectivity index (χ2v) is 6.42. The Labute approximate surface area is 138 Å². The van der Waals surface area contributed by atoms with Crippen LogP contribution in [0.2, 0.25) is 0 Å². The Morgan fingerprint density at radius 3 is 2.74 bits per heavy atom. The maximum absolute atomic E-state index is 12.3. The van der Waals surface area contributed by atoms with Crippen LogP contribution in [0.5, 0.6) is 0 Å². The number of furan rings is 1. The van der Waals surface area contributed by atoms with Gasteiger partial charge in [0.05, 0.1) is 18.4 Å². The van der Waals surface area contributed by atoms with Crippen molar-refractivity contribution in [1.82, 2.24) is 15.1 Å². The van der Waals surface area contributed by atoms with E-state index in [2.05, 4.69) is 5.32 Å². The van der Waals surface area contributed by atoms with Gasteiger partial charge >= 0.3 is 6.03 Å². The molecule has 3 amide bonds. The quantitative estimate of drug-likeness (QED) is 0.938. The first kappa shape index (κ1) is 15.6. The van der Waals surface area contributed by atoms with Gasteiger partial charge in [0.25, 0.3) is 5.91 Å². The highest BCUT2D eigenvalue weighted by molar-refractivity contribution is 7.09. The van der Waals surface area contributed by atoms with Crippen LogP contribution < -0.4 is 5.32 Å². The van der Waals surface area contributed by atoms with Gasteiger partial charge in [0, 0.05) is 31.1 Å². The van der Waals surface area contributed by atoms with Gasteiger partial charge in [0.1, 0.15) is 6.26 Å². The molecular formula is C16H19N3O3S. The van der Waals surface area contributed by atoms with Gasteiger partial charge in [-0.15, -0.1) is 11.3 Å². The highest BCUT2D eigenvalue weighted by Gasteiger charge is 2.23. The number of nitrogens with zero attached hydrogens (tertiary/aromatic N) is 2. The summed E-state index contributed by atoms with van der Waals surface area (Å²) in [6.07, 6.45) is 3.73. The third kappa shape index (κ3) is 3.92. The number of urea groups is 1. The Morgan fingerprint density at radius 2 is 2.00 bits per heavy atom. The molecule has 0 radical (unpaired) electrons. The molecule has 122 valence electrons. The molecule has 0 atom stereocenters. The van der Waals surface area contributed by atoms with E-state index in [1.54, 1.807) is 27.2 Å². The number of thiophene rings is 1. The fourth-order valence-electron chi connectivity index (χ4n) is 2.58. The molecule has 1 aliphatic rings. The van der Waals surface area contributed by atoms with Gasteiger partial charge in [0.2, 0.25) is 0 Å². The summed E-state index contributed by atoms with van der Waals surface area (Å²) in [6, 6.07) is 5.56. The van der Waals surface area contributed by atoms with Crippen molar-refractivity contribution >= 4 is 23.3 Å². The van der Waals surface area contributed by atoms with Gasteiger partial charge in [-0.3, -0.25) is 4.79 Å². The van der Waals surface area contributed by atoms with Crippen molar-refractivity contribution in [2.45, 2.75) is 13.0 Å². The van der Waals surface area contributed by atoms with Crippen molar-refractivity contribution in [3.05, 3.63) is 46.5 Å². The minimum atomic E-state index is -0.0731. The highest BCUT2D eigenvalue weighted by Crippen LogP contribution is 2.11. The first-order valence-electron chi connectivity index (χ1n) is 7.60. The number of nitrogens with one attached hydrogen (secondary N) is 1. The lowest BCUT2D eigenvalue weighted by Gasteiger charge is -2.22. The SMILES string of the molecule is O=C(NCc1cccs1)N1CCCN(C(=O)c2ccoc2)CC1. The van der Waals surface area contributed by atoms with E-state index >= 15 is 0 Å². The maximum atomic E-state index is 12.3. The molecule has 0 spiro atoms. The minimum Gasteiger partial charge on any atom is -0.472 e. The van der Waals surface area contributed by atoms with Crippen molar-refractivity contribution in [3.8, 4) is 0 Å². The van der Waals surface area contributed by atoms with Crippen LogP contribution in [0.3, 0.4) is 0 Å². The third-order valence-corrected chi connectivity index (χ3v) is 4.71. The van der Waals surface area contributed by atoms with Crippen LogP contribution >= 0.6 is 11.3 Å². The number of hydrogen-bond donors (Lipinski definition) is 1. The Kier molecular flexibility index (Phi) is 4.97. The second-order valence-electron chi connectivity index (χ2n) is 5.38. The van der Waals surface area contributed by atoms with Crippen molar-refractivity contribution in [2.75, 3.05) is 26.2 Å². The fraction of sp³-hybridized carbons (Fsp3) is 0.375. The predicted molar refractivity (Wildman–Crippen MR) is 87.4 cm³/mol. The van der Waals surface area contributed by atoms with E-state index in [-0.39, 0.29) is 11.9 Å². The van der Waals surface area contributed by atoms with Gasteiger partial charge in [-0.25, -0.2) is 4.79 Å². The summed E-state index contributed by atoms with van der Waals surface area (Å²) < 4.78 is 4.96. The number of hydrogen-bond acceptors (Lipinski definition) is 4. The summed E-state index contributed by atoms with van der Waals surface area (Å²) in [5.41, 5.74) is 0.556. The topological polar surface area (TPSA) is 65.8 Å². The van der Waals surface area contributed by atoms with E-state index < -0.39 is 0 Å². The lowest BCUT2D eigenvalue weighted by Crippen LogP contribution is -2.42. The van der Waals surface area contributed by atoms with Crippen LogP contribution in [-0.2, 0) is 6.54 Å². The maximum Gasteiger partial charge on any atom is 0.317 e. The Hall–Kier alpha value is -2.28. The average Bonchev–Trinajstić information content (AvgIpc) is 3.22. The molecule has 0 unspecified atom stereocenters. The molecule has 3 rings (SSSR count). The van der Waals surface area contributed by atoms with Crippen molar-refractivity contribution < 1.29 is 14.0 Å². The zero-order valence-corrected chi connectivity index (χ0v) is 13.6. The second kappa shape index (κ2) is 7.32. The standard InChI is InChI=1S/C16H19N3O3S/c20-15(13-4-9-22-12-13)18-5-2-6-19(8-7-18)16(21)17-11-14-3-1-10-23-14/h1,3-4,9-10,12H,2,5-8,11H2,(H,17,21). The molecule has 3 heterocycles. The number of rotatable bonds is 3. The summed E-state index contributed by atoms with van der Waals surface area (Å²) in [5.74, 6) is -0.0420. The van der Waals surface area contributed by atoms with E-state index in [4.69, 9.17) is 4.42 Å². The molecule has 0 aromatic carbocycles. The normalized spacial score (nSPS) is 15.3. The molecule has 0 bridgehead atoms. The number of carbonyl (C=O) groups excluding carboxylic acids is 2. The van der Waals surface area contributed by atoms with E-state index in [1.165, 1.54) is 12.5 Å². The molecule has 1 N–H and O–H groups in total. The average molecular weight is 333 g/mol. The molecule has 2 aromatic rings. The van der Waals surface area contributed by atoms with Crippen molar-refractivity contribution in [2.24, 2.45) is 0 Å². The van der Waals surface area contributed by atoms with Crippen molar-refractivity contribution in [3.63, 3.8) is 0 Å². The Bertz CT molecular complexity index is 640. The largest absolute Gasteiger partial charge is 0.472 e. The van der Waals surface area contributed by atoms with Crippen LogP contribution in [0.1, 0.15) is 21.7 Å². The molecule has 0 saturated carbocycles. The fourth-order valence-corrected chi connectivity index (χ4v) is 3.22. The van der Waals surface area contributed by atoms with Crippen LogP contribution in [-0.4, -0.2) is 47.9 Å². The lowest BCUT2D eigenvalue weighted by atomic mass is 10.3. The van der Waals surface area contributed by atoms with E-state index in [0.29, 0.717) is 38.3 Å². The zero-order chi connectivity index (χ0) is 16.1. The van der Waals surface area contributed by atoms with Crippen LogP contribution in [0.15, 0.2) is 40.5 Å². The van der Waals surface area contributed by atoms with E-state index in [0.717, 1.165) is 11.3 Å². The molecule has 0 aliphatic carbocycles. The molecule has 2 aromatic heterocycles. The zero-order valence-electron chi connectivity index (χ0n) is 12.7. The monoisotopic (exact) mass is 333 g/mol. The van der Waals surface area contributed by atoms with Crippen LogP contribution in [0.25, 0.3) is 0 Å². The minimum absolute atomic E-state index is 0.0420. The summed E-state index contributed by atoms with van der Waals surface area (Å²) in [6.45, 7) is 2.94. The smallest absolute Gasteiger partial charge is 0.317 e. The van der Waals surface area contributed by atoms with Crippen molar-refractivity contribution in [1.29, 1.82) is 0 Å². The highest BCUT2D eigenvalue weighted by atomic mass is 32.1. The van der Waals surface area contributed by atoms with Gasteiger partial charge < -0.3 is 19.5 Å². The predicted octanol–water partition coefficient (Wildman–Crippen LogP) is 2.40. The Morgan fingerprint density at radius 1 is 1.17 bits per heavy atom. The molecule has 1 saturated heterocycles. The number of amides is 3. The van der Waals surface area contributed by atoms with Gasteiger partial charge in [-0.2, -0.15) is 0 Å². The summed E-state index contributed by atoms with van der Waals surface area (Å²) in [4.78, 5) is 29.3. The third-order valence-electron chi connectivity index (χ3n) is 3.83. The lowest BCUT2D eigenvalue weighted by molar-refractivity contribution is 0.0761. The Balaban J connectivity index is 1.51. The first-order chi connectivity index (χ1) is 11.2. The van der Waals surface area contributed by atoms with Gasteiger partial charge in [0.15, 0.2) is 0 Å². The molecular weight excluding hydrogens is 314 g/mol. The molecule has 1 fully saturated rings. The summed E-state index contributed by atoms with van der Waals surface area (Å²) >= 11 is 1.62. The van der Waals surface area contributed by atoms with Crippen LogP contribution in [0.4, 0.5) is 4.79 Å². The first-order valence-corrected chi connectivity index (χ1v) is 8.48. The molecule has 23 heavy (non-hydrogen) atoms. The van der Waals surface area contributed by atoms with Crippen LogP contribution in [0, 0.1) is 0 Å². The summed E-state index contributed by atoms with van der Waals surface area (Å²) in [7, 11) is 0. The van der Waals surface area contributed by atoms with Gasteiger partial charge in [-0.1, -0.05) is 6.07 Å². The summed E-state index contributed by atoms with van der Waals surface area (Å²) in [5, 5.41) is 4.93. The van der Waals surface area contributed by atoms with E-state index in [9.17, 15) is 9.59 Å². The molecule has 1 aliphatic heterocycles. The van der Waals surface area contributed by atoms with Gasteiger partial charge in [-0.05, 0) is 23.9 Å².